The van der Waals surface area contributed by atoms with E-state index in [1.165, 1.54) is 18.3 Å². The van der Waals surface area contributed by atoms with Crippen LogP contribution in [0.15, 0.2) is 65.3 Å². The highest BCUT2D eigenvalue weighted by molar-refractivity contribution is 9.10. The summed E-state index contributed by atoms with van der Waals surface area (Å²) in [6, 6.07) is 15.0. The van der Waals surface area contributed by atoms with Gasteiger partial charge in [0.25, 0.3) is 0 Å². The Kier molecular flexibility index (Phi) is 7.12. The number of halogens is 3. The third kappa shape index (κ3) is 5.31. The van der Waals surface area contributed by atoms with Gasteiger partial charge >= 0.3 is 6.03 Å². The number of hydrogen-bond donors (Lipinski definition) is 1. The van der Waals surface area contributed by atoms with Gasteiger partial charge in [-0.3, -0.25) is 9.47 Å². The van der Waals surface area contributed by atoms with Gasteiger partial charge in [0.2, 0.25) is 5.95 Å². The van der Waals surface area contributed by atoms with Gasteiger partial charge in [-0.25, -0.2) is 14.2 Å². The summed E-state index contributed by atoms with van der Waals surface area (Å²) in [6.07, 6.45) is 6.00. The van der Waals surface area contributed by atoms with Crippen LogP contribution in [0.2, 0.25) is 0 Å². The molecule has 0 atom stereocenters. The van der Waals surface area contributed by atoms with E-state index < -0.39 is 5.95 Å². The van der Waals surface area contributed by atoms with Gasteiger partial charge in [-0.2, -0.15) is 9.65 Å². The fourth-order valence-corrected chi connectivity index (χ4v) is 5.03. The lowest BCUT2D eigenvalue weighted by atomic mass is 10.0. The van der Waals surface area contributed by atoms with E-state index in [-0.39, 0.29) is 18.4 Å². The highest BCUT2D eigenvalue weighted by Gasteiger charge is 2.26. The molecule has 0 aliphatic carbocycles. The van der Waals surface area contributed by atoms with E-state index in [1.54, 1.807) is 34.9 Å². The summed E-state index contributed by atoms with van der Waals surface area (Å²) < 4.78 is 29.0. The Morgan fingerprint density at radius 2 is 2.05 bits per heavy atom. The van der Waals surface area contributed by atoms with Gasteiger partial charge in [-0.1, -0.05) is 18.2 Å². The Balaban J connectivity index is 1.39. The van der Waals surface area contributed by atoms with E-state index in [9.17, 15) is 18.8 Å². The van der Waals surface area contributed by atoms with Crippen molar-refractivity contribution in [3.63, 3.8) is 0 Å². The Labute approximate surface area is 221 Å². The minimum Gasteiger partial charge on any atom is -0.333 e. The molecule has 0 spiro atoms. The van der Waals surface area contributed by atoms with E-state index >= 15 is 0 Å². The quantitative estimate of drug-likeness (QED) is 0.313. The number of aromatic nitrogens is 2. The number of pyridine rings is 1. The molecule has 1 N–H and O–H groups in total. The topological polar surface area (TPSA) is 74.0 Å². The molecule has 2 aromatic heterocycles. The minimum atomic E-state index is -0.597. The van der Waals surface area contributed by atoms with Crippen molar-refractivity contribution in [2.75, 3.05) is 13.1 Å². The number of nitriles is 1. The normalized spacial score (nSPS) is 13.6. The van der Waals surface area contributed by atoms with E-state index in [4.69, 9.17) is 0 Å². The molecule has 1 aliphatic rings. The second-order valence-corrected chi connectivity index (χ2v) is 9.67. The molecule has 0 saturated carbocycles. The molecule has 0 fully saturated rings. The predicted octanol–water partition coefficient (Wildman–Crippen LogP) is 5.78. The van der Waals surface area contributed by atoms with Crippen molar-refractivity contribution in [1.29, 1.82) is 5.26 Å². The summed E-state index contributed by atoms with van der Waals surface area (Å²) in [5.41, 5.74) is 4.69. The van der Waals surface area contributed by atoms with Gasteiger partial charge in [0, 0.05) is 49.9 Å². The fraction of sp³-hybridized carbons (Fsp3) is 0.179. The summed E-state index contributed by atoms with van der Waals surface area (Å²) >= 11 is 3.21. The summed E-state index contributed by atoms with van der Waals surface area (Å²) in [6.45, 7) is 2.21. The number of amides is 1. The number of fused-ring (bicyclic) bond motifs is 3. The molecule has 9 heteroatoms. The molecule has 3 heterocycles. The van der Waals surface area contributed by atoms with Crippen LogP contribution in [-0.4, -0.2) is 33.6 Å². The Morgan fingerprint density at radius 3 is 2.84 bits per heavy atom. The average Bonchev–Trinajstić information content (AvgIpc) is 3.22. The highest BCUT2D eigenvalue weighted by atomic mass is 79.9. The summed E-state index contributed by atoms with van der Waals surface area (Å²) in [7, 11) is 0. The molecule has 0 unspecified atom stereocenters. The molecule has 5 rings (SSSR count). The lowest BCUT2D eigenvalue weighted by Crippen LogP contribution is -2.34. The number of rotatable bonds is 5. The monoisotopic (exact) mass is 561 g/mol. The summed E-state index contributed by atoms with van der Waals surface area (Å²) in [5, 5.41) is 13.2. The maximum Gasteiger partial charge on any atom is 0.326 e. The Bertz CT molecular complexity index is 1570. The number of nitrogens with zero attached hydrogens (tertiary/aromatic N) is 4. The minimum absolute atomic E-state index is 0.166. The second kappa shape index (κ2) is 10.6. The largest absolute Gasteiger partial charge is 0.333 e. The van der Waals surface area contributed by atoms with Gasteiger partial charge < -0.3 is 5.32 Å². The number of carbonyl (C=O) groups is 1. The lowest BCUT2D eigenvalue weighted by Gasteiger charge is -2.27. The standard InChI is InChI=1S/C28H22BrF2N5O/c29-23-13-18(3-5-24(23)30)2-1-10-35-11-8-26-22(17-35)21-12-19(15-32)4-6-25(21)36(26)28(37)34-16-20-7-9-33-27(31)14-20/h1-7,9,12-14H,8,10-11,16-17H2,(H,34,37). The van der Waals surface area contributed by atoms with Crippen LogP contribution < -0.4 is 5.32 Å². The number of benzene rings is 2. The zero-order valence-corrected chi connectivity index (χ0v) is 21.3. The van der Waals surface area contributed by atoms with Crippen LogP contribution in [0.25, 0.3) is 17.0 Å². The van der Waals surface area contributed by atoms with Crippen LogP contribution in [0.1, 0.15) is 27.9 Å². The van der Waals surface area contributed by atoms with Crippen LogP contribution in [0.3, 0.4) is 0 Å². The van der Waals surface area contributed by atoms with Crippen molar-refractivity contribution in [3.05, 3.63) is 105 Å². The SMILES string of the molecule is N#Cc1ccc2c(c1)c1c(n2C(=O)NCc2ccnc(F)c2)CCN(CC=Cc2ccc(F)c(Br)c2)C1. The molecule has 0 bridgehead atoms. The second-order valence-electron chi connectivity index (χ2n) is 8.81. The third-order valence-electron chi connectivity index (χ3n) is 6.41. The van der Waals surface area contributed by atoms with Crippen molar-refractivity contribution in [2.45, 2.75) is 19.5 Å². The summed E-state index contributed by atoms with van der Waals surface area (Å²) in [5.74, 6) is -0.897. The van der Waals surface area contributed by atoms with Gasteiger partial charge in [-0.15, -0.1) is 0 Å². The van der Waals surface area contributed by atoms with Crippen LogP contribution in [0.5, 0.6) is 0 Å². The van der Waals surface area contributed by atoms with E-state index in [0.29, 0.717) is 35.1 Å². The van der Waals surface area contributed by atoms with E-state index in [2.05, 4.69) is 37.2 Å². The van der Waals surface area contributed by atoms with Gasteiger partial charge in [0.05, 0.1) is 21.6 Å². The number of nitrogens with one attached hydrogen (secondary N) is 1. The van der Waals surface area contributed by atoms with Crippen molar-refractivity contribution >= 4 is 38.9 Å². The molecule has 0 radical (unpaired) electrons. The molecule has 0 saturated heterocycles. The molecule has 1 aliphatic heterocycles. The van der Waals surface area contributed by atoms with Crippen molar-refractivity contribution in [3.8, 4) is 6.07 Å². The van der Waals surface area contributed by atoms with Gasteiger partial charge in [0.15, 0.2) is 0 Å². The average molecular weight is 562 g/mol. The number of carbonyl (C=O) groups excluding carboxylic acids is 1. The smallest absolute Gasteiger partial charge is 0.326 e. The zero-order chi connectivity index (χ0) is 25.9. The molecule has 186 valence electrons. The highest BCUT2D eigenvalue weighted by Crippen LogP contribution is 2.32. The molecular formula is C28H22BrF2N5O. The van der Waals surface area contributed by atoms with Crippen LogP contribution in [0.4, 0.5) is 13.6 Å². The van der Waals surface area contributed by atoms with E-state index in [1.807, 2.05) is 18.2 Å². The maximum atomic E-state index is 13.5. The van der Waals surface area contributed by atoms with Crippen molar-refractivity contribution in [1.82, 2.24) is 19.8 Å². The zero-order valence-electron chi connectivity index (χ0n) is 19.7. The first-order valence-corrected chi connectivity index (χ1v) is 12.5. The van der Waals surface area contributed by atoms with Crippen molar-refractivity contribution < 1.29 is 13.6 Å². The van der Waals surface area contributed by atoms with Crippen LogP contribution in [0, 0.1) is 23.1 Å². The summed E-state index contributed by atoms with van der Waals surface area (Å²) in [4.78, 5) is 19.1. The molecular weight excluding hydrogens is 540 g/mol. The van der Waals surface area contributed by atoms with Crippen LogP contribution >= 0.6 is 15.9 Å². The molecule has 6 nitrogen and oxygen atoms in total. The first kappa shape index (κ1) is 24.8. The Morgan fingerprint density at radius 1 is 1.19 bits per heavy atom. The maximum absolute atomic E-state index is 13.5. The third-order valence-corrected chi connectivity index (χ3v) is 7.02. The first-order chi connectivity index (χ1) is 17.9. The van der Waals surface area contributed by atoms with E-state index in [0.717, 1.165) is 34.3 Å². The molecule has 1 amide bonds. The van der Waals surface area contributed by atoms with Crippen LogP contribution in [-0.2, 0) is 19.5 Å². The Hall–Kier alpha value is -3.87. The molecule has 2 aromatic carbocycles. The fourth-order valence-electron chi connectivity index (χ4n) is 4.63. The lowest BCUT2D eigenvalue weighted by molar-refractivity contribution is 0.240. The first-order valence-electron chi connectivity index (χ1n) is 11.7. The molecule has 37 heavy (non-hydrogen) atoms. The predicted molar refractivity (Wildman–Crippen MR) is 141 cm³/mol. The van der Waals surface area contributed by atoms with Crippen molar-refractivity contribution in [2.24, 2.45) is 0 Å². The molecule has 4 aromatic rings. The van der Waals surface area contributed by atoms with Gasteiger partial charge in [0.1, 0.15) is 5.82 Å². The number of hydrogen-bond acceptors (Lipinski definition) is 4. The van der Waals surface area contributed by atoms with Gasteiger partial charge in [-0.05, 0) is 75.1 Å².